The summed E-state index contributed by atoms with van der Waals surface area (Å²) < 4.78 is 5.13. The third kappa shape index (κ3) is 1.19. The van der Waals surface area contributed by atoms with E-state index in [0.717, 1.165) is 5.56 Å². The van der Waals surface area contributed by atoms with Crippen LogP contribution in [0.2, 0.25) is 0 Å². The molecular formula is C10H9NO. The molecule has 0 N–H and O–H groups in total. The van der Waals surface area contributed by atoms with E-state index in [9.17, 15) is 0 Å². The van der Waals surface area contributed by atoms with Crippen molar-refractivity contribution >= 4 is 0 Å². The van der Waals surface area contributed by atoms with Crippen molar-refractivity contribution in [2.45, 2.75) is 19.1 Å². The lowest BCUT2D eigenvalue weighted by atomic mass is 10.1. The first kappa shape index (κ1) is 7.33. The highest BCUT2D eigenvalue weighted by molar-refractivity contribution is 5.28. The molecule has 1 saturated heterocycles. The molecule has 1 aromatic rings. The SMILES string of the molecule is Cc1ccc([C@H]2O[C@@H]2C#N)cc1. The Morgan fingerprint density at radius 2 is 2.00 bits per heavy atom. The van der Waals surface area contributed by atoms with Crippen molar-refractivity contribution in [3.63, 3.8) is 0 Å². The molecule has 0 aromatic heterocycles. The Bertz CT molecular complexity index is 323. The van der Waals surface area contributed by atoms with Crippen molar-refractivity contribution in [2.24, 2.45) is 0 Å². The molecule has 1 aliphatic rings. The molecule has 0 radical (unpaired) electrons. The van der Waals surface area contributed by atoms with Crippen LogP contribution < -0.4 is 0 Å². The first-order valence-corrected chi connectivity index (χ1v) is 3.93. The molecule has 60 valence electrons. The van der Waals surface area contributed by atoms with Crippen LogP contribution in [-0.4, -0.2) is 6.10 Å². The molecule has 2 atom stereocenters. The molecule has 0 aliphatic carbocycles. The molecule has 0 saturated carbocycles. The summed E-state index contributed by atoms with van der Waals surface area (Å²) in [5.74, 6) is 0. The third-order valence-electron chi connectivity index (χ3n) is 2.02. The molecule has 2 nitrogen and oxygen atoms in total. The summed E-state index contributed by atoms with van der Waals surface area (Å²) in [4.78, 5) is 0. The fraction of sp³-hybridized carbons (Fsp3) is 0.300. The van der Waals surface area contributed by atoms with E-state index in [2.05, 4.69) is 6.07 Å². The number of epoxide rings is 1. The average molecular weight is 159 g/mol. The predicted octanol–water partition coefficient (Wildman–Crippen LogP) is 1.96. The van der Waals surface area contributed by atoms with Crippen molar-refractivity contribution in [1.82, 2.24) is 0 Å². The normalized spacial score (nSPS) is 26.3. The summed E-state index contributed by atoms with van der Waals surface area (Å²) in [5.41, 5.74) is 2.33. The van der Waals surface area contributed by atoms with Crippen LogP contribution in [0.1, 0.15) is 17.2 Å². The monoisotopic (exact) mass is 159 g/mol. The van der Waals surface area contributed by atoms with Crippen LogP contribution >= 0.6 is 0 Å². The van der Waals surface area contributed by atoms with Crippen molar-refractivity contribution in [1.29, 1.82) is 5.26 Å². The Balaban J connectivity index is 2.17. The van der Waals surface area contributed by atoms with Crippen LogP contribution in [-0.2, 0) is 4.74 Å². The first-order chi connectivity index (χ1) is 5.81. The predicted molar refractivity (Wildman–Crippen MR) is 44.4 cm³/mol. The summed E-state index contributed by atoms with van der Waals surface area (Å²) in [5, 5.41) is 8.52. The maximum atomic E-state index is 8.52. The lowest BCUT2D eigenvalue weighted by molar-refractivity contribution is 0.396. The Morgan fingerprint density at radius 1 is 1.33 bits per heavy atom. The summed E-state index contributed by atoms with van der Waals surface area (Å²) in [7, 11) is 0. The van der Waals surface area contributed by atoms with E-state index in [4.69, 9.17) is 10.00 Å². The number of ether oxygens (including phenoxy) is 1. The highest BCUT2D eigenvalue weighted by Crippen LogP contribution is 2.37. The van der Waals surface area contributed by atoms with Gasteiger partial charge in [-0.1, -0.05) is 29.8 Å². The molecule has 1 heterocycles. The molecule has 12 heavy (non-hydrogen) atoms. The highest BCUT2D eigenvalue weighted by Gasteiger charge is 2.40. The van der Waals surface area contributed by atoms with Gasteiger partial charge in [0.2, 0.25) is 0 Å². The number of benzene rings is 1. The summed E-state index contributed by atoms with van der Waals surface area (Å²) in [6, 6.07) is 10.2. The van der Waals surface area contributed by atoms with Gasteiger partial charge in [-0.15, -0.1) is 0 Å². The molecule has 2 heteroatoms. The standard InChI is InChI=1S/C10H9NO/c1-7-2-4-8(5-3-7)10-9(6-11)12-10/h2-5,9-10H,1H3/t9-,10-/m1/s1. The number of nitriles is 1. The largest absolute Gasteiger partial charge is 0.348 e. The lowest BCUT2D eigenvalue weighted by Gasteiger charge is -1.94. The van der Waals surface area contributed by atoms with Gasteiger partial charge in [-0.05, 0) is 12.5 Å². The molecule has 0 bridgehead atoms. The lowest BCUT2D eigenvalue weighted by Crippen LogP contribution is -1.84. The number of rotatable bonds is 1. The van der Waals surface area contributed by atoms with Gasteiger partial charge in [0.15, 0.2) is 6.10 Å². The average Bonchev–Trinajstić information content (AvgIpc) is 2.85. The van der Waals surface area contributed by atoms with E-state index in [1.165, 1.54) is 5.56 Å². The van der Waals surface area contributed by atoms with Gasteiger partial charge in [0.25, 0.3) is 0 Å². The van der Waals surface area contributed by atoms with Crippen LogP contribution in [0.3, 0.4) is 0 Å². The zero-order chi connectivity index (χ0) is 8.55. The van der Waals surface area contributed by atoms with Crippen molar-refractivity contribution < 1.29 is 4.74 Å². The molecule has 1 aliphatic heterocycles. The van der Waals surface area contributed by atoms with E-state index in [0.29, 0.717) is 0 Å². The molecule has 1 fully saturated rings. The highest BCUT2D eigenvalue weighted by atomic mass is 16.6. The second kappa shape index (κ2) is 2.62. The van der Waals surface area contributed by atoms with Gasteiger partial charge in [-0.2, -0.15) is 5.26 Å². The third-order valence-corrected chi connectivity index (χ3v) is 2.02. The molecule has 0 unspecified atom stereocenters. The number of hydrogen-bond acceptors (Lipinski definition) is 2. The minimum atomic E-state index is -0.215. The Hall–Kier alpha value is -1.33. The second-order valence-corrected chi connectivity index (χ2v) is 3.02. The zero-order valence-electron chi connectivity index (χ0n) is 6.82. The van der Waals surface area contributed by atoms with Crippen molar-refractivity contribution in [2.75, 3.05) is 0 Å². The van der Waals surface area contributed by atoms with Crippen LogP contribution in [0.4, 0.5) is 0 Å². The maximum Gasteiger partial charge on any atom is 0.175 e. The van der Waals surface area contributed by atoms with Crippen molar-refractivity contribution in [3.8, 4) is 6.07 Å². The zero-order valence-corrected chi connectivity index (χ0v) is 6.82. The van der Waals surface area contributed by atoms with E-state index in [1.807, 2.05) is 31.2 Å². The quantitative estimate of drug-likeness (QED) is 0.587. The summed E-state index contributed by atoms with van der Waals surface area (Å²) in [6.45, 7) is 2.04. The van der Waals surface area contributed by atoms with Gasteiger partial charge in [-0.3, -0.25) is 0 Å². The number of hydrogen-bond donors (Lipinski definition) is 0. The molecule has 0 amide bonds. The van der Waals surface area contributed by atoms with Crippen LogP contribution in [0.15, 0.2) is 24.3 Å². The van der Waals surface area contributed by atoms with E-state index in [-0.39, 0.29) is 12.2 Å². The Labute approximate surface area is 71.4 Å². The minimum Gasteiger partial charge on any atom is -0.348 e. The first-order valence-electron chi connectivity index (χ1n) is 3.93. The van der Waals surface area contributed by atoms with Gasteiger partial charge in [0.05, 0.1) is 6.07 Å². The Kier molecular flexibility index (Phi) is 1.60. The van der Waals surface area contributed by atoms with Gasteiger partial charge < -0.3 is 4.74 Å². The topological polar surface area (TPSA) is 36.3 Å². The maximum absolute atomic E-state index is 8.52. The van der Waals surface area contributed by atoms with Crippen LogP contribution in [0, 0.1) is 18.3 Å². The van der Waals surface area contributed by atoms with E-state index < -0.39 is 0 Å². The summed E-state index contributed by atoms with van der Waals surface area (Å²) in [6.07, 6.45) is -0.191. The fourth-order valence-corrected chi connectivity index (χ4v) is 1.22. The molecule has 1 aromatic carbocycles. The Morgan fingerprint density at radius 3 is 2.50 bits per heavy atom. The van der Waals surface area contributed by atoms with Gasteiger partial charge in [-0.25, -0.2) is 0 Å². The second-order valence-electron chi connectivity index (χ2n) is 3.02. The molecule has 0 spiro atoms. The molecule has 2 rings (SSSR count). The minimum absolute atomic E-state index is 0.0237. The van der Waals surface area contributed by atoms with Crippen molar-refractivity contribution in [3.05, 3.63) is 35.4 Å². The van der Waals surface area contributed by atoms with Gasteiger partial charge >= 0.3 is 0 Å². The smallest absolute Gasteiger partial charge is 0.175 e. The van der Waals surface area contributed by atoms with E-state index >= 15 is 0 Å². The number of aryl methyl sites for hydroxylation is 1. The van der Waals surface area contributed by atoms with Crippen LogP contribution in [0.25, 0.3) is 0 Å². The van der Waals surface area contributed by atoms with E-state index in [1.54, 1.807) is 0 Å². The van der Waals surface area contributed by atoms with Crippen LogP contribution in [0.5, 0.6) is 0 Å². The van der Waals surface area contributed by atoms with Gasteiger partial charge in [0, 0.05) is 0 Å². The van der Waals surface area contributed by atoms with Gasteiger partial charge in [0.1, 0.15) is 6.10 Å². The summed E-state index contributed by atoms with van der Waals surface area (Å²) >= 11 is 0. The molecular weight excluding hydrogens is 150 g/mol. The fourth-order valence-electron chi connectivity index (χ4n) is 1.22. The number of nitrogens with zero attached hydrogens (tertiary/aromatic N) is 1.